The van der Waals surface area contributed by atoms with E-state index in [4.69, 9.17) is 18.9 Å². The number of carbonyl (C=O) groups is 1. The molecule has 12 heteroatoms. The average Bonchev–Trinajstić information content (AvgIpc) is 3.38. The normalized spacial score (nSPS) is 23.3. The average molecular weight is 559 g/mol. The Kier molecular flexibility index (Phi) is 13.8. The van der Waals surface area contributed by atoms with Gasteiger partial charge in [-0.25, -0.2) is 0 Å². The summed E-state index contributed by atoms with van der Waals surface area (Å²) in [4.78, 5) is 12.5. The van der Waals surface area contributed by atoms with Crippen LogP contribution in [-0.4, -0.2) is 75.2 Å². The van der Waals surface area contributed by atoms with Crippen molar-refractivity contribution in [1.82, 2.24) is 0 Å². The monoisotopic (exact) mass is 558 g/mol. The van der Waals surface area contributed by atoms with Crippen LogP contribution in [-0.2, 0) is 23.7 Å². The van der Waals surface area contributed by atoms with E-state index in [9.17, 15) is 4.79 Å². The molecule has 3 heterocycles. The molecule has 0 aromatic heterocycles. The third kappa shape index (κ3) is 10.5. The van der Waals surface area contributed by atoms with Crippen molar-refractivity contribution < 1.29 is 23.7 Å². The van der Waals surface area contributed by atoms with Crippen LogP contribution in [0, 0.1) is 0 Å². The molecule has 0 saturated carbocycles. The minimum atomic E-state index is 0.167. The lowest BCUT2D eigenvalue weighted by Gasteiger charge is -2.09. The Morgan fingerprint density at radius 2 is 1.29 bits per heavy atom. The maximum absolute atomic E-state index is 11.2. The van der Waals surface area contributed by atoms with Crippen LogP contribution in [0.3, 0.4) is 0 Å². The van der Waals surface area contributed by atoms with Gasteiger partial charge in [-0.2, -0.15) is 0 Å². The Bertz CT molecular complexity index is 663. The second-order valence-electron chi connectivity index (χ2n) is 6.08. The van der Waals surface area contributed by atoms with Crippen molar-refractivity contribution in [3.8, 4) is 0 Å². The molecule has 0 atom stereocenters. The predicted octanol–water partition coefficient (Wildman–Crippen LogP) is 5.87. The fourth-order valence-corrected chi connectivity index (χ4v) is 11.4. The molecule has 0 amide bonds. The third-order valence-corrected chi connectivity index (χ3v) is 13.1. The minimum absolute atomic E-state index is 0.167. The Balaban J connectivity index is 1.53. The molecule has 0 aromatic carbocycles. The molecule has 0 bridgehead atoms. The second-order valence-corrected chi connectivity index (χ2v) is 14.5. The van der Waals surface area contributed by atoms with Crippen molar-refractivity contribution in [2.24, 2.45) is 0 Å². The Labute approximate surface area is 214 Å². The molecule has 3 aliphatic rings. The Hall–Kier alpha value is 1.18. The number of hydrogen-bond donors (Lipinski definition) is 0. The van der Waals surface area contributed by atoms with E-state index >= 15 is 0 Å². The fraction of sp³-hybridized carbons (Fsp3) is 0.632. The molecule has 3 aliphatic heterocycles. The second kappa shape index (κ2) is 16.0. The number of hydrogen-bond acceptors (Lipinski definition) is 12. The molecule has 0 fully saturated rings. The first-order valence-electron chi connectivity index (χ1n) is 9.80. The molecular weight excluding hydrogens is 533 g/mol. The van der Waals surface area contributed by atoms with Gasteiger partial charge in [0.2, 0.25) is 0 Å². The summed E-state index contributed by atoms with van der Waals surface area (Å²) >= 11 is 12.4. The first kappa shape index (κ1) is 26.8. The van der Waals surface area contributed by atoms with Gasteiger partial charge in [-0.05, 0) is 5.41 Å². The molecule has 0 unspecified atom stereocenters. The standard InChI is InChI=1S/C19H26O5S7/c1-14(20)27-12-15-13-28-18(29-15)19-30-16-17(31-19)26-11-9-24-7-5-22-3-2-21-4-6-23-8-10-25-16/h13H,2-12H2,1H3. The molecule has 0 aromatic rings. The number of carbonyl (C=O) groups excluding carboxylic acids is 1. The summed E-state index contributed by atoms with van der Waals surface area (Å²) < 4.78 is 27.8. The first-order valence-corrected chi connectivity index (χ1v) is 16.1. The van der Waals surface area contributed by atoms with Gasteiger partial charge < -0.3 is 18.9 Å². The molecule has 0 saturated heterocycles. The number of rotatable bonds is 2. The van der Waals surface area contributed by atoms with E-state index in [1.165, 1.54) is 33.6 Å². The van der Waals surface area contributed by atoms with Gasteiger partial charge in [-0.15, -0.1) is 23.5 Å². The largest absolute Gasteiger partial charge is 0.378 e. The zero-order chi connectivity index (χ0) is 21.7. The SMILES string of the molecule is CC(=O)SCC1=CSC(=C2SC3=C(SCCOCCOCCOCCOCCS3)S2)S1. The lowest BCUT2D eigenvalue weighted by Crippen LogP contribution is -2.13. The summed E-state index contributed by atoms with van der Waals surface area (Å²) in [6, 6.07) is 0. The molecule has 3 rings (SSSR count). The summed E-state index contributed by atoms with van der Waals surface area (Å²) in [5.41, 5.74) is 0. The maximum Gasteiger partial charge on any atom is 0.186 e. The fourth-order valence-electron chi connectivity index (χ4n) is 2.29. The summed E-state index contributed by atoms with van der Waals surface area (Å²) in [6.45, 7) is 6.65. The van der Waals surface area contributed by atoms with E-state index in [2.05, 4.69) is 5.41 Å². The first-order chi connectivity index (χ1) is 15.2. The van der Waals surface area contributed by atoms with Gasteiger partial charge in [-0.3, -0.25) is 4.79 Å². The smallest absolute Gasteiger partial charge is 0.186 e. The lowest BCUT2D eigenvalue weighted by atomic mass is 10.7. The summed E-state index contributed by atoms with van der Waals surface area (Å²) in [5, 5.41) is 2.35. The predicted molar refractivity (Wildman–Crippen MR) is 144 cm³/mol. The van der Waals surface area contributed by atoms with Crippen LogP contribution >= 0.6 is 82.3 Å². The van der Waals surface area contributed by atoms with Crippen LogP contribution in [0.5, 0.6) is 0 Å². The van der Waals surface area contributed by atoms with Crippen molar-refractivity contribution in [2.75, 3.05) is 70.1 Å². The highest BCUT2D eigenvalue weighted by atomic mass is 32.3. The van der Waals surface area contributed by atoms with Crippen LogP contribution in [0.4, 0.5) is 0 Å². The van der Waals surface area contributed by atoms with Crippen LogP contribution in [0.25, 0.3) is 0 Å². The molecule has 5 nitrogen and oxygen atoms in total. The molecule has 31 heavy (non-hydrogen) atoms. The van der Waals surface area contributed by atoms with Crippen LogP contribution < -0.4 is 0 Å². The van der Waals surface area contributed by atoms with Crippen LogP contribution in [0.1, 0.15) is 6.92 Å². The summed E-state index contributed by atoms with van der Waals surface area (Å²) in [6.07, 6.45) is 0. The highest BCUT2D eigenvalue weighted by Gasteiger charge is 2.27. The molecular formula is C19H26O5S7. The van der Waals surface area contributed by atoms with Crippen molar-refractivity contribution in [3.63, 3.8) is 0 Å². The van der Waals surface area contributed by atoms with Crippen LogP contribution in [0.2, 0.25) is 0 Å². The van der Waals surface area contributed by atoms with Crippen molar-refractivity contribution >= 4 is 87.4 Å². The molecule has 0 aliphatic carbocycles. The van der Waals surface area contributed by atoms with E-state index in [1.54, 1.807) is 30.4 Å². The van der Waals surface area contributed by atoms with Gasteiger partial charge in [0, 0.05) is 29.1 Å². The quantitative estimate of drug-likeness (QED) is 0.407. The van der Waals surface area contributed by atoms with E-state index in [1.807, 2.05) is 47.0 Å². The maximum atomic E-state index is 11.2. The van der Waals surface area contributed by atoms with Crippen LogP contribution in [0.15, 0.2) is 27.3 Å². The summed E-state index contributed by atoms with van der Waals surface area (Å²) in [7, 11) is 0. The Morgan fingerprint density at radius 1 is 0.774 bits per heavy atom. The number of ether oxygens (including phenoxy) is 4. The van der Waals surface area contributed by atoms with E-state index in [0.29, 0.717) is 52.9 Å². The van der Waals surface area contributed by atoms with Gasteiger partial charge in [-0.1, -0.05) is 58.8 Å². The van der Waals surface area contributed by atoms with Gasteiger partial charge in [0.05, 0.1) is 69.8 Å². The zero-order valence-electron chi connectivity index (χ0n) is 17.3. The van der Waals surface area contributed by atoms with Gasteiger partial charge in [0.1, 0.15) is 0 Å². The van der Waals surface area contributed by atoms with E-state index in [-0.39, 0.29) is 5.12 Å². The molecule has 0 spiro atoms. The summed E-state index contributed by atoms with van der Waals surface area (Å²) in [5.74, 6) is 2.61. The van der Waals surface area contributed by atoms with Gasteiger partial charge >= 0.3 is 0 Å². The molecule has 0 N–H and O–H groups in total. The lowest BCUT2D eigenvalue weighted by molar-refractivity contribution is -0.109. The van der Waals surface area contributed by atoms with Gasteiger partial charge in [0.25, 0.3) is 0 Å². The minimum Gasteiger partial charge on any atom is -0.378 e. The Morgan fingerprint density at radius 3 is 1.81 bits per heavy atom. The van der Waals surface area contributed by atoms with E-state index in [0.717, 1.165) is 17.3 Å². The molecule has 174 valence electrons. The zero-order valence-corrected chi connectivity index (χ0v) is 23.0. The highest BCUT2D eigenvalue weighted by molar-refractivity contribution is 8.42. The number of thioether (sulfide) groups is 7. The topological polar surface area (TPSA) is 54.0 Å². The third-order valence-electron chi connectivity index (χ3n) is 3.68. The highest BCUT2D eigenvalue weighted by Crippen LogP contribution is 2.62. The molecule has 0 radical (unpaired) electrons. The van der Waals surface area contributed by atoms with E-state index < -0.39 is 0 Å². The van der Waals surface area contributed by atoms with Crippen molar-refractivity contribution in [1.29, 1.82) is 0 Å². The van der Waals surface area contributed by atoms with Gasteiger partial charge in [0.15, 0.2) is 5.12 Å². The van der Waals surface area contributed by atoms with Crippen molar-refractivity contribution in [3.05, 3.63) is 27.3 Å². The van der Waals surface area contributed by atoms with Crippen molar-refractivity contribution in [2.45, 2.75) is 6.92 Å².